The summed E-state index contributed by atoms with van der Waals surface area (Å²) in [6, 6.07) is 8.06. The largest absolute Gasteiger partial charge is 0.389 e. The van der Waals surface area contributed by atoms with Crippen LogP contribution in [0, 0.1) is 0 Å². The van der Waals surface area contributed by atoms with E-state index < -0.39 is 0 Å². The highest BCUT2D eigenvalue weighted by Crippen LogP contribution is 2.29. The molecule has 4 nitrogen and oxygen atoms in total. The Labute approximate surface area is 129 Å². The van der Waals surface area contributed by atoms with Gasteiger partial charge in [-0.3, -0.25) is 4.98 Å². The molecule has 0 saturated carbocycles. The molecule has 0 aliphatic carbocycles. The summed E-state index contributed by atoms with van der Waals surface area (Å²) >= 11 is 5.19. The van der Waals surface area contributed by atoms with Gasteiger partial charge >= 0.3 is 0 Å². The van der Waals surface area contributed by atoms with E-state index in [1.807, 2.05) is 18.2 Å². The van der Waals surface area contributed by atoms with Crippen LogP contribution in [-0.2, 0) is 4.74 Å². The van der Waals surface area contributed by atoms with Crippen molar-refractivity contribution >= 4 is 33.8 Å². The van der Waals surface area contributed by atoms with E-state index in [2.05, 4.69) is 23.0 Å². The first kappa shape index (κ1) is 14.2. The van der Waals surface area contributed by atoms with Crippen LogP contribution in [0.2, 0.25) is 0 Å². The van der Waals surface area contributed by atoms with Gasteiger partial charge in [-0.15, -0.1) is 0 Å². The predicted octanol–water partition coefficient (Wildman–Crippen LogP) is 2.48. The van der Waals surface area contributed by atoms with Gasteiger partial charge in [-0.05, 0) is 18.9 Å². The SMILES string of the molecule is CN(CC1CCCO1)c1c(C(N)=S)cnc2ccccc12. The molecule has 0 spiro atoms. The number of nitrogens with zero attached hydrogens (tertiary/aromatic N) is 2. The van der Waals surface area contributed by atoms with Crippen LogP contribution in [0.5, 0.6) is 0 Å². The minimum absolute atomic E-state index is 0.279. The number of anilines is 1. The van der Waals surface area contributed by atoms with Crippen molar-refractivity contribution in [3.05, 3.63) is 36.0 Å². The quantitative estimate of drug-likeness (QED) is 0.879. The molecule has 0 bridgehead atoms. The van der Waals surface area contributed by atoms with Crippen molar-refractivity contribution in [3.8, 4) is 0 Å². The van der Waals surface area contributed by atoms with Gasteiger partial charge in [-0.1, -0.05) is 30.4 Å². The fraction of sp³-hybridized carbons (Fsp3) is 0.375. The maximum atomic E-state index is 5.89. The number of fused-ring (bicyclic) bond motifs is 1. The van der Waals surface area contributed by atoms with E-state index in [4.69, 9.17) is 22.7 Å². The number of para-hydroxylation sites is 1. The number of hydrogen-bond donors (Lipinski definition) is 1. The molecule has 0 radical (unpaired) electrons. The molecule has 2 heterocycles. The molecule has 110 valence electrons. The van der Waals surface area contributed by atoms with Crippen LogP contribution in [0.3, 0.4) is 0 Å². The third-order valence-electron chi connectivity index (χ3n) is 3.90. The predicted molar refractivity (Wildman–Crippen MR) is 89.9 cm³/mol. The molecule has 1 aliphatic rings. The van der Waals surface area contributed by atoms with Gasteiger partial charge in [0.1, 0.15) is 4.99 Å². The smallest absolute Gasteiger partial charge is 0.107 e. The standard InChI is InChI=1S/C16H19N3OS/c1-19(10-11-5-4-8-20-11)15-12-6-2-3-7-14(12)18-9-13(15)16(17)21/h2-3,6-7,9,11H,4-5,8,10H2,1H3,(H2,17,21). The van der Waals surface area contributed by atoms with Crippen LogP contribution in [-0.4, -0.2) is 36.3 Å². The van der Waals surface area contributed by atoms with Crippen molar-refractivity contribution in [2.24, 2.45) is 5.73 Å². The first-order valence-electron chi connectivity index (χ1n) is 7.17. The Morgan fingerprint density at radius 1 is 1.48 bits per heavy atom. The van der Waals surface area contributed by atoms with Crippen LogP contribution in [0.25, 0.3) is 10.9 Å². The number of aromatic nitrogens is 1. The second-order valence-corrected chi connectivity index (χ2v) is 5.86. The average Bonchev–Trinajstić information content (AvgIpc) is 2.98. The van der Waals surface area contributed by atoms with Gasteiger partial charge in [0.2, 0.25) is 0 Å². The van der Waals surface area contributed by atoms with Crippen LogP contribution in [0.4, 0.5) is 5.69 Å². The number of thiocarbonyl (C=S) groups is 1. The number of benzene rings is 1. The lowest BCUT2D eigenvalue weighted by Gasteiger charge is -2.26. The summed E-state index contributed by atoms with van der Waals surface area (Å²) in [5.74, 6) is 0. The minimum atomic E-state index is 0.279. The number of likely N-dealkylation sites (N-methyl/N-ethyl adjacent to an activating group) is 1. The van der Waals surface area contributed by atoms with E-state index in [1.54, 1.807) is 6.20 Å². The molecule has 1 atom stereocenters. The van der Waals surface area contributed by atoms with E-state index in [0.29, 0.717) is 4.99 Å². The topological polar surface area (TPSA) is 51.4 Å². The minimum Gasteiger partial charge on any atom is -0.389 e. The lowest BCUT2D eigenvalue weighted by Crippen LogP contribution is -2.30. The summed E-state index contributed by atoms with van der Waals surface area (Å²) in [7, 11) is 2.06. The Hall–Kier alpha value is -1.72. The van der Waals surface area contributed by atoms with Crippen LogP contribution >= 0.6 is 12.2 Å². The Kier molecular flexibility index (Phi) is 4.03. The number of ether oxygens (including phenoxy) is 1. The van der Waals surface area contributed by atoms with Gasteiger partial charge in [0.25, 0.3) is 0 Å². The fourth-order valence-electron chi connectivity index (χ4n) is 2.90. The first-order chi connectivity index (χ1) is 10.2. The monoisotopic (exact) mass is 301 g/mol. The molecule has 1 fully saturated rings. The molecule has 5 heteroatoms. The van der Waals surface area contributed by atoms with Crippen molar-refractivity contribution in [3.63, 3.8) is 0 Å². The number of nitrogens with two attached hydrogens (primary N) is 1. The highest BCUT2D eigenvalue weighted by molar-refractivity contribution is 7.80. The molecule has 1 saturated heterocycles. The Morgan fingerprint density at radius 3 is 3.00 bits per heavy atom. The molecule has 21 heavy (non-hydrogen) atoms. The second-order valence-electron chi connectivity index (χ2n) is 5.42. The van der Waals surface area contributed by atoms with Crippen molar-refractivity contribution in [2.45, 2.75) is 18.9 Å². The number of pyridine rings is 1. The highest BCUT2D eigenvalue weighted by Gasteiger charge is 2.21. The summed E-state index contributed by atoms with van der Waals surface area (Å²) < 4.78 is 5.74. The van der Waals surface area contributed by atoms with Gasteiger partial charge < -0.3 is 15.4 Å². The lowest BCUT2D eigenvalue weighted by atomic mass is 10.1. The third kappa shape index (κ3) is 2.84. The van der Waals surface area contributed by atoms with Gasteiger partial charge in [0, 0.05) is 31.8 Å². The Balaban J connectivity index is 2.04. The van der Waals surface area contributed by atoms with E-state index >= 15 is 0 Å². The Bertz CT molecular complexity index is 668. The third-order valence-corrected chi connectivity index (χ3v) is 4.12. The zero-order valence-corrected chi connectivity index (χ0v) is 12.9. The Morgan fingerprint density at radius 2 is 2.29 bits per heavy atom. The molecular formula is C16H19N3OS. The van der Waals surface area contributed by atoms with Crippen LogP contribution in [0.15, 0.2) is 30.5 Å². The molecule has 1 unspecified atom stereocenters. The number of rotatable bonds is 4. The molecule has 1 aromatic carbocycles. The second kappa shape index (κ2) is 5.95. The average molecular weight is 301 g/mol. The zero-order chi connectivity index (χ0) is 14.8. The van der Waals surface area contributed by atoms with Crippen molar-refractivity contribution in [1.29, 1.82) is 0 Å². The zero-order valence-electron chi connectivity index (χ0n) is 12.1. The molecule has 1 aromatic heterocycles. The summed E-state index contributed by atoms with van der Waals surface area (Å²) in [6.07, 6.45) is 4.29. The van der Waals surface area contributed by atoms with E-state index in [0.717, 1.165) is 48.1 Å². The molecule has 2 aromatic rings. The summed E-state index contributed by atoms with van der Waals surface area (Å²) in [5.41, 5.74) is 8.70. The normalized spacial score (nSPS) is 18.0. The van der Waals surface area contributed by atoms with Gasteiger partial charge in [-0.2, -0.15) is 0 Å². The molecule has 3 rings (SSSR count). The first-order valence-corrected chi connectivity index (χ1v) is 7.58. The highest BCUT2D eigenvalue weighted by atomic mass is 32.1. The molecular weight excluding hydrogens is 282 g/mol. The van der Waals surface area contributed by atoms with Gasteiger partial charge in [0.05, 0.1) is 22.9 Å². The van der Waals surface area contributed by atoms with Crippen molar-refractivity contribution in [2.75, 3.05) is 25.1 Å². The molecule has 1 aliphatic heterocycles. The summed E-state index contributed by atoms with van der Waals surface area (Å²) in [4.78, 5) is 7.02. The van der Waals surface area contributed by atoms with E-state index in [9.17, 15) is 0 Å². The maximum Gasteiger partial charge on any atom is 0.107 e. The van der Waals surface area contributed by atoms with E-state index in [1.165, 1.54) is 0 Å². The van der Waals surface area contributed by atoms with E-state index in [-0.39, 0.29) is 6.10 Å². The van der Waals surface area contributed by atoms with Gasteiger partial charge in [-0.25, -0.2) is 0 Å². The molecule has 2 N–H and O–H groups in total. The maximum absolute atomic E-state index is 5.89. The van der Waals surface area contributed by atoms with Crippen LogP contribution < -0.4 is 10.6 Å². The van der Waals surface area contributed by atoms with Gasteiger partial charge in [0.15, 0.2) is 0 Å². The van der Waals surface area contributed by atoms with Crippen molar-refractivity contribution in [1.82, 2.24) is 4.98 Å². The van der Waals surface area contributed by atoms with Crippen LogP contribution in [0.1, 0.15) is 18.4 Å². The summed E-state index contributed by atoms with van der Waals surface area (Å²) in [5, 5.41) is 1.07. The fourth-order valence-corrected chi connectivity index (χ4v) is 3.05. The van der Waals surface area contributed by atoms with Crippen molar-refractivity contribution < 1.29 is 4.74 Å². The molecule has 0 amide bonds. The summed E-state index contributed by atoms with van der Waals surface area (Å²) in [6.45, 7) is 1.70. The lowest BCUT2D eigenvalue weighted by molar-refractivity contribution is 0.116. The number of hydrogen-bond acceptors (Lipinski definition) is 4.